The molecule has 0 aliphatic carbocycles. The fourth-order valence-corrected chi connectivity index (χ4v) is 2.89. The summed E-state index contributed by atoms with van der Waals surface area (Å²) in [5.41, 5.74) is 4.05. The van der Waals surface area contributed by atoms with Gasteiger partial charge in [-0.3, -0.25) is 0 Å². The zero-order valence-corrected chi connectivity index (χ0v) is 12.0. The Hall–Kier alpha value is -1.25. The molecule has 0 spiro atoms. The summed E-state index contributed by atoms with van der Waals surface area (Å²) in [6.45, 7) is 5.23. The highest BCUT2D eigenvalue weighted by molar-refractivity contribution is 7.99. The summed E-state index contributed by atoms with van der Waals surface area (Å²) in [6.07, 6.45) is 0. The number of benzene rings is 2. The maximum absolute atomic E-state index is 3.22. The summed E-state index contributed by atoms with van der Waals surface area (Å²) in [7, 11) is 1.98. The number of hydrogen-bond donors (Lipinski definition) is 1. The van der Waals surface area contributed by atoms with Crippen molar-refractivity contribution < 1.29 is 0 Å². The van der Waals surface area contributed by atoms with Crippen LogP contribution in [-0.2, 0) is 6.54 Å². The van der Waals surface area contributed by atoms with Gasteiger partial charge in [0.15, 0.2) is 0 Å². The number of rotatable bonds is 4. The Labute approximate surface area is 114 Å². The second-order valence-electron chi connectivity index (χ2n) is 4.49. The third-order valence-corrected chi connectivity index (χ3v) is 4.15. The molecular weight excluding hydrogens is 238 g/mol. The van der Waals surface area contributed by atoms with Crippen molar-refractivity contribution in [3.8, 4) is 0 Å². The van der Waals surface area contributed by atoms with Crippen molar-refractivity contribution in [3.63, 3.8) is 0 Å². The Balaban J connectivity index is 2.25. The standard InChI is InChI=1S/C16H19NS/c1-12-8-9-15(10-13(12)2)18-16-7-5-4-6-14(16)11-17-3/h4-10,17H,11H2,1-3H3. The van der Waals surface area contributed by atoms with Crippen molar-refractivity contribution in [3.05, 3.63) is 59.2 Å². The zero-order chi connectivity index (χ0) is 13.0. The molecule has 0 saturated heterocycles. The van der Waals surface area contributed by atoms with Crippen molar-refractivity contribution in [2.75, 3.05) is 7.05 Å². The molecule has 2 heteroatoms. The molecule has 0 aromatic heterocycles. The summed E-state index contributed by atoms with van der Waals surface area (Å²) in [4.78, 5) is 2.64. The Morgan fingerprint density at radius 2 is 1.78 bits per heavy atom. The second-order valence-corrected chi connectivity index (χ2v) is 5.60. The molecule has 0 unspecified atom stereocenters. The maximum Gasteiger partial charge on any atom is 0.0213 e. The van der Waals surface area contributed by atoms with Crippen LogP contribution < -0.4 is 5.32 Å². The lowest BCUT2D eigenvalue weighted by Gasteiger charge is -2.09. The molecule has 0 fully saturated rings. The SMILES string of the molecule is CNCc1ccccc1Sc1ccc(C)c(C)c1. The lowest BCUT2D eigenvalue weighted by atomic mass is 10.1. The van der Waals surface area contributed by atoms with Crippen LogP contribution in [0, 0.1) is 13.8 Å². The minimum Gasteiger partial charge on any atom is -0.316 e. The number of nitrogens with one attached hydrogen (secondary N) is 1. The minimum absolute atomic E-state index is 0.911. The van der Waals surface area contributed by atoms with Crippen LogP contribution in [0.15, 0.2) is 52.3 Å². The van der Waals surface area contributed by atoms with Gasteiger partial charge in [-0.05, 0) is 55.8 Å². The van der Waals surface area contributed by atoms with Gasteiger partial charge < -0.3 is 5.32 Å². The fourth-order valence-electron chi connectivity index (χ4n) is 1.84. The first-order valence-corrected chi connectivity index (χ1v) is 7.00. The third-order valence-electron chi connectivity index (χ3n) is 3.05. The topological polar surface area (TPSA) is 12.0 Å². The molecule has 2 rings (SSSR count). The van der Waals surface area contributed by atoms with Gasteiger partial charge in [-0.25, -0.2) is 0 Å². The van der Waals surface area contributed by atoms with Crippen molar-refractivity contribution in [1.29, 1.82) is 0 Å². The molecule has 94 valence electrons. The van der Waals surface area contributed by atoms with E-state index >= 15 is 0 Å². The normalized spacial score (nSPS) is 10.6. The number of aryl methyl sites for hydroxylation is 2. The van der Waals surface area contributed by atoms with Gasteiger partial charge in [0.05, 0.1) is 0 Å². The van der Waals surface area contributed by atoms with E-state index in [1.165, 1.54) is 26.5 Å². The molecule has 0 aliphatic rings. The van der Waals surface area contributed by atoms with Crippen LogP contribution in [0.2, 0.25) is 0 Å². The molecule has 0 atom stereocenters. The van der Waals surface area contributed by atoms with Gasteiger partial charge in [0.1, 0.15) is 0 Å². The molecule has 1 N–H and O–H groups in total. The molecule has 18 heavy (non-hydrogen) atoms. The fraction of sp³-hybridized carbons (Fsp3) is 0.250. The van der Waals surface area contributed by atoms with Crippen LogP contribution in [0.5, 0.6) is 0 Å². The number of hydrogen-bond acceptors (Lipinski definition) is 2. The Kier molecular flexibility index (Phi) is 4.45. The van der Waals surface area contributed by atoms with Gasteiger partial charge >= 0.3 is 0 Å². The quantitative estimate of drug-likeness (QED) is 0.882. The van der Waals surface area contributed by atoms with E-state index in [0.29, 0.717) is 0 Å². The Bertz CT molecular complexity index is 534. The summed E-state index contributed by atoms with van der Waals surface area (Å²) in [5.74, 6) is 0. The second kappa shape index (κ2) is 6.07. The molecule has 0 aliphatic heterocycles. The molecular formula is C16H19NS. The Morgan fingerprint density at radius 1 is 1.00 bits per heavy atom. The van der Waals surface area contributed by atoms with Gasteiger partial charge in [-0.15, -0.1) is 0 Å². The first-order valence-electron chi connectivity index (χ1n) is 6.18. The molecule has 0 bridgehead atoms. The zero-order valence-electron chi connectivity index (χ0n) is 11.2. The van der Waals surface area contributed by atoms with Gasteiger partial charge in [0, 0.05) is 16.3 Å². The smallest absolute Gasteiger partial charge is 0.0213 e. The van der Waals surface area contributed by atoms with Crippen molar-refractivity contribution in [1.82, 2.24) is 5.32 Å². The van der Waals surface area contributed by atoms with Gasteiger partial charge in [0.25, 0.3) is 0 Å². The summed E-state index contributed by atoms with van der Waals surface area (Å²) >= 11 is 1.84. The highest BCUT2D eigenvalue weighted by Gasteiger charge is 2.04. The molecule has 0 radical (unpaired) electrons. The molecule has 0 saturated carbocycles. The summed E-state index contributed by atoms with van der Waals surface area (Å²) in [6, 6.07) is 15.2. The van der Waals surface area contributed by atoms with Crippen molar-refractivity contribution >= 4 is 11.8 Å². The van der Waals surface area contributed by atoms with Crippen molar-refractivity contribution in [2.45, 2.75) is 30.2 Å². The predicted molar refractivity (Wildman–Crippen MR) is 79.2 cm³/mol. The summed E-state index contributed by atoms with van der Waals surface area (Å²) < 4.78 is 0. The van der Waals surface area contributed by atoms with E-state index in [9.17, 15) is 0 Å². The van der Waals surface area contributed by atoms with Crippen LogP contribution in [0.25, 0.3) is 0 Å². The van der Waals surface area contributed by atoms with E-state index in [1.807, 2.05) is 18.8 Å². The molecule has 0 heterocycles. The van der Waals surface area contributed by atoms with Gasteiger partial charge in [-0.1, -0.05) is 36.0 Å². The van der Waals surface area contributed by atoms with Crippen LogP contribution in [0.3, 0.4) is 0 Å². The van der Waals surface area contributed by atoms with Gasteiger partial charge in [0.2, 0.25) is 0 Å². The minimum atomic E-state index is 0.911. The Morgan fingerprint density at radius 3 is 2.50 bits per heavy atom. The van der Waals surface area contributed by atoms with E-state index in [1.54, 1.807) is 0 Å². The molecule has 0 amide bonds. The van der Waals surface area contributed by atoms with E-state index < -0.39 is 0 Å². The predicted octanol–water partition coefficient (Wildman–Crippen LogP) is 4.17. The van der Waals surface area contributed by atoms with E-state index in [0.717, 1.165) is 6.54 Å². The maximum atomic E-state index is 3.22. The van der Waals surface area contributed by atoms with Crippen LogP contribution >= 0.6 is 11.8 Å². The first-order chi connectivity index (χ1) is 8.70. The third kappa shape index (κ3) is 3.15. The monoisotopic (exact) mass is 257 g/mol. The molecule has 2 aromatic rings. The lowest BCUT2D eigenvalue weighted by Crippen LogP contribution is -2.05. The molecule has 1 nitrogen and oxygen atoms in total. The largest absolute Gasteiger partial charge is 0.316 e. The van der Waals surface area contributed by atoms with Gasteiger partial charge in [-0.2, -0.15) is 0 Å². The average Bonchev–Trinajstić information content (AvgIpc) is 2.37. The van der Waals surface area contributed by atoms with Crippen molar-refractivity contribution in [2.24, 2.45) is 0 Å². The van der Waals surface area contributed by atoms with Crippen LogP contribution in [-0.4, -0.2) is 7.05 Å². The van der Waals surface area contributed by atoms with Crippen LogP contribution in [0.4, 0.5) is 0 Å². The lowest BCUT2D eigenvalue weighted by molar-refractivity contribution is 0.803. The first kappa shape index (κ1) is 13.2. The van der Waals surface area contributed by atoms with Crippen LogP contribution in [0.1, 0.15) is 16.7 Å². The molecule has 2 aromatic carbocycles. The highest BCUT2D eigenvalue weighted by Crippen LogP contribution is 2.31. The summed E-state index contributed by atoms with van der Waals surface area (Å²) in [5, 5.41) is 3.22. The van der Waals surface area contributed by atoms with E-state index in [4.69, 9.17) is 0 Å². The average molecular weight is 257 g/mol. The highest BCUT2D eigenvalue weighted by atomic mass is 32.2. The van der Waals surface area contributed by atoms with E-state index in [2.05, 4.69) is 61.6 Å². The van der Waals surface area contributed by atoms with E-state index in [-0.39, 0.29) is 0 Å².